The minimum Gasteiger partial charge on any atom is -0.379 e. The molecule has 3 aliphatic carbocycles. The molecule has 1 heteroatoms. The Morgan fingerprint density at radius 3 is 1.48 bits per heavy atom. The highest BCUT2D eigenvalue weighted by molar-refractivity contribution is 4.86. The van der Waals surface area contributed by atoms with Crippen molar-refractivity contribution in [3.05, 3.63) is 0 Å². The van der Waals surface area contributed by atoms with Crippen molar-refractivity contribution in [2.45, 2.75) is 116 Å². The first-order valence-electron chi connectivity index (χ1n) is 11.9. The normalized spacial score (nSPS) is 40.1. The van der Waals surface area contributed by atoms with E-state index in [1.165, 1.54) is 44.9 Å². The summed E-state index contributed by atoms with van der Waals surface area (Å²) in [5.74, 6) is 5.34. The molecular formula is C24H44O. The molecule has 0 aromatic heterocycles. The summed E-state index contributed by atoms with van der Waals surface area (Å²) in [6.07, 6.45) is 22.9. The molecule has 3 saturated carbocycles. The lowest BCUT2D eigenvalue weighted by atomic mass is 9.65. The molecule has 1 nitrogen and oxygen atoms in total. The SMILES string of the molecule is CCCCC1CCC(C2CCC(C3CCC(OCC)CC3)CC2)CC1. The van der Waals surface area contributed by atoms with Gasteiger partial charge in [0.25, 0.3) is 0 Å². The second kappa shape index (κ2) is 10.3. The van der Waals surface area contributed by atoms with Crippen molar-refractivity contribution in [1.29, 1.82) is 0 Å². The fourth-order valence-electron chi connectivity index (χ4n) is 6.49. The minimum absolute atomic E-state index is 0.584. The van der Waals surface area contributed by atoms with E-state index in [2.05, 4.69) is 13.8 Å². The Labute approximate surface area is 157 Å². The van der Waals surface area contributed by atoms with Crippen LogP contribution in [0.3, 0.4) is 0 Å². The van der Waals surface area contributed by atoms with Crippen LogP contribution in [0.4, 0.5) is 0 Å². The molecule has 0 aromatic carbocycles. The fourth-order valence-corrected chi connectivity index (χ4v) is 6.49. The van der Waals surface area contributed by atoms with Gasteiger partial charge in [-0.3, -0.25) is 0 Å². The van der Waals surface area contributed by atoms with Gasteiger partial charge in [0, 0.05) is 6.61 Å². The maximum absolute atomic E-state index is 5.85. The van der Waals surface area contributed by atoms with Crippen LogP contribution < -0.4 is 0 Å². The summed E-state index contributed by atoms with van der Waals surface area (Å²) < 4.78 is 5.85. The summed E-state index contributed by atoms with van der Waals surface area (Å²) in [6, 6.07) is 0. The Bertz CT molecular complexity index is 341. The molecule has 0 saturated heterocycles. The van der Waals surface area contributed by atoms with Crippen LogP contribution in [0.1, 0.15) is 110 Å². The lowest BCUT2D eigenvalue weighted by Gasteiger charge is -2.41. The van der Waals surface area contributed by atoms with Crippen molar-refractivity contribution in [1.82, 2.24) is 0 Å². The molecule has 0 heterocycles. The van der Waals surface area contributed by atoms with Crippen LogP contribution in [0.5, 0.6) is 0 Å². The molecular weight excluding hydrogens is 304 g/mol. The van der Waals surface area contributed by atoms with Crippen molar-refractivity contribution in [2.75, 3.05) is 6.61 Å². The third-order valence-electron chi connectivity index (χ3n) is 8.13. The number of hydrogen-bond acceptors (Lipinski definition) is 1. The largest absolute Gasteiger partial charge is 0.379 e. The second-order valence-electron chi connectivity index (χ2n) is 9.59. The third-order valence-corrected chi connectivity index (χ3v) is 8.13. The summed E-state index contributed by atoms with van der Waals surface area (Å²) in [5.41, 5.74) is 0. The summed E-state index contributed by atoms with van der Waals surface area (Å²) in [6.45, 7) is 5.39. The summed E-state index contributed by atoms with van der Waals surface area (Å²) >= 11 is 0. The molecule has 3 fully saturated rings. The van der Waals surface area contributed by atoms with Crippen LogP contribution in [0.25, 0.3) is 0 Å². The first-order chi connectivity index (χ1) is 12.3. The Kier molecular flexibility index (Phi) is 8.15. The second-order valence-corrected chi connectivity index (χ2v) is 9.59. The molecule has 0 atom stereocenters. The Morgan fingerprint density at radius 2 is 1.04 bits per heavy atom. The van der Waals surface area contributed by atoms with Crippen LogP contribution in [-0.2, 0) is 4.74 Å². The molecule has 0 aliphatic heterocycles. The van der Waals surface area contributed by atoms with Crippen LogP contribution in [-0.4, -0.2) is 12.7 Å². The first kappa shape index (κ1) is 19.7. The van der Waals surface area contributed by atoms with Gasteiger partial charge in [-0.05, 0) is 101 Å². The smallest absolute Gasteiger partial charge is 0.0575 e. The Hall–Kier alpha value is -0.0400. The van der Waals surface area contributed by atoms with Gasteiger partial charge in [0.2, 0.25) is 0 Å². The van der Waals surface area contributed by atoms with E-state index in [9.17, 15) is 0 Å². The number of rotatable bonds is 7. The van der Waals surface area contributed by atoms with Gasteiger partial charge < -0.3 is 4.74 Å². The van der Waals surface area contributed by atoms with E-state index in [-0.39, 0.29) is 0 Å². The zero-order valence-corrected chi connectivity index (χ0v) is 17.2. The number of hydrogen-bond donors (Lipinski definition) is 0. The summed E-state index contributed by atoms with van der Waals surface area (Å²) in [7, 11) is 0. The lowest BCUT2D eigenvalue weighted by molar-refractivity contribution is 0.0116. The van der Waals surface area contributed by atoms with Crippen LogP contribution in [0.15, 0.2) is 0 Å². The van der Waals surface area contributed by atoms with E-state index < -0.39 is 0 Å². The average Bonchev–Trinajstić information content (AvgIpc) is 2.68. The van der Waals surface area contributed by atoms with Gasteiger partial charge in [-0.25, -0.2) is 0 Å². The predicted octanol–water partition coefficient (Wildman–Crippen LogP) is 7.38. The number of unbranched alkanes of at least 4 members (excludes halogenated alkanes) is 1. The van der Waals surface area contributed by atoms with Crippen molar-refractivity contribution in [2.24, 2.45) is 29.6 Å². The van der Waals surface area contributed by atoms with Crippen molar-refractivity contribution in [3.8, 4) is 0 Å². The minimum atomic E-state index is 0.584. The van der Waals surface area contributed by atoms with E-state index >= 15 is 0 Å². The highest BCUT2D eigenvalue weighted by Crippen LogP contribution is 2.45. The highest BCUT2D eigenvalue weighted by atomic mass is 16.5. The van der Waals surface area contributed by atoms with Gasteiger partial charge in [-0.1, -0.05) is 39.0 Å². The monoisotopic (exact) mass is 348 g/mol. The number of ether oxygens (including phenoxy) is 1. The van der Waals surface area contributed by atoms with E-state index in [1.54, 1.807) is 51.4 Å². The maximum Gasteiger partial charge on any atom is 0.0575 e. The van der Waals surface area contributed by atoms with Gasteiger partial charge >= 0.3 is 0 Å². The maximum atomic E-state index is 5.85. The van der Waals surface area contributed by atoms with Crippen LogP contribution in [0.2, 0.25) is 0 Å². The van der Waals surface area contributed by atoms with Crippen LogP contribution >= 0.6 is 0 Å². The molecule has 25 heavy (non-hydrogen) atoms. The molecule has 0 N–H and O–H groups in total. The van der Waals surface area contributed by atoms with Crippen molar-refractivity contribution in [3.63, 3.8) is 0 Å². The summed E-state index contributed by atoms with van der Waals surface area (Å²) in [5, 5.41) is 0. The molecule has 3 aliphatic rings. The van der Waals surface area contributed by atoms with Crippen molar-refractivity contribution >= 4 is 0 Å². The van der Waals surface area contributed by atoms with Gasteiger partial charge in [0.15, 0.2) is 0 Å². The van der Waals surface area contributed by atoms with Gasteiger partial charge in [0.05, 0.1) is 6.10 Å². The zero-order chi connectivity index (χ0) is 17.5. The highest BCUT2D eigenvalue weighted by Gasteiger charge is 2.34. The quantitative estimate of drug-likeness (QED) is 0.466. The molecule has 0 aromatic rings. The first-order valence-corrected chi connectivity index (χ1v) is 11.9. The molecule has 3 rings (SSSR count). The Morgan fingerprint density at radius 1 is 0.600 bits per heavy atom. The van der Waals surface area contributed by atoms with E-state index in [0.29, 0.717) is 6.10 Å². The van der Waals surface area contributed by atoms with E-state index in [1.807, 2.05) is 0 Å². The average molecular weight is 349 g/mol. The molecule has 0 spiro atoms. The topological polar surface area (TPSA) is 9.23 Å². The van der Waals surface area contributed by atoms with Gasteiger partial charge in [-0.2, -0.15) is 0 Å². The van der Waals surface area contributed by atoms with Crippen LogP contribution in [0, 0.1) is 29.6 Å². The predicted molar refractivity (Wildman–Crippen MR) is 108 cm³/mol. The molecule has 0 radical (unpaired) electrons. The zero-order valence-electron chi connectivity index (χ0n) is 17.2. The standard InChI is InChI=1S/C24H44O/c1-3-5-6-19-7-9-20(10-8-19)21-11-13-22(14-12-21)23-15-17-24(18-16-23)25-4-2/h19-24H,3-18H2,1-2H3. The molecule has 0 amide bonds. The molecule has 0 unspecified atom stereocenters. The fraction of sp³-hybridized carbons (Fsp3) is 1.00. The van der Waals surface area contributed by atoms with Gasteiger partial charge in [-0.15, -0.1) is 0 Å². The Balaban J connectivity index is 1.34. The van der Waals surface area contributed by atoms with E-state index in [4.69, 9.17) is 4.74 Å². The van der Waals surface area contributed by atoms with E-state index in [0.717, 1.165) is 36.2 Å². The summed E-state index contributed by atoms with van der Waals surface area (Å²) in [4.78, 5) is 0. The van der Waals surface area contributed by atoms with Gasteiger partial charge in [0.1, 0.15) is 0 Å². The van der Waals surface area contributed by atoms with Crippen molar-refractivity contribution < 1.29 is 4.74 Å². The third kappa shape index (κ3) is 5.72. The lowest BCUT2D eigenvalue weighted by Crippen LogP contribution is -2.31. The molecule has 0 bridgehead atoms. The molecule has 146 valence electrons.